The molecule has 126 valence electrons. The molecule has 1 aromatic carbocycles. The molecule has 2 aliphatic rings. The Balaban J connectivity index is 1.62. The summed E-state index contributed by atoms with van der Waals surface area (Å²) in [7, 11) is 0. The van der Waals surface area contributed by atoms with Crippen molar-refractivity contribution in [3.8, 4) is 11.6 Å². The molecule has 1 saturated heterocycles. The fourth-order valence-corrected chi connectivity index (χ4v) is 3.17. The van der Waals surface area contributed by atoms with Crippen molar-refractivity contribution in [1.82, 2.24) is 15.2 Å². The molecule has 0 spiro atoms. The van der Waals surface area contributed by atoms with Crippen LogP contribution in [0.5, 0.6) is 11.6 Å². The van der Waals surface area contributed by atoms with Gasteiger partial charge < -0.3 is 9.64 Å². The van der Waals surface area contributed by atoms with Crippen molar-refractivity contribution in [3.63, 3.8) is 0 Å². The molecule has 1 fully saturated rings. The summed E-state index contributed by atoms with van der Waals surface area (Å²) < 4.78 is 5.80. The number of benzene rings is 1. The van der Waals surface area contributed by atoms with Crippen LogP contribution < -0.4 is 10.1 Å². The van der Waals surface area contributed by atoms with E-state index in [2.05, 4.69) is 10.3 Å². The largest absolute Gasteiger partial charge is 0.439 e. The molecule has 0 saturated carbocycles. The number of aromatic nitrogens is 1. The predicted molar refractivity (Wildman–Crippen MR) is 86.8 cm³/mol. The second-order valence-electron chi connectivity index (χ2n) is 5.95. The first-order chi connectivity index (χ1) is 12.1. The van der Waals surface area contributed by atoms with Gasteiger partial charge in [0.2, 0.25) is 17.7 Å². The van der Waals surface area contributed by atoms with Gasteiger partial charge in [-0.3, -0.25) is 19.7 Å². The van der Waals surface area contributed by atoms with E-state index in [1.807, 2.05) is 6.07 Å². The number of fused-ring (bicyclic) bond motifs is 1. The van der Waals surface area contributed by atoms with Gasteiger partial charge in [-0.1, -0.05) is 12.1 Å². The minimum absolute atomic E-state index is 0.226. The SMILES string of the molecule is O=C1CCC(N2Cc3c(Oc4ccccn4)cccc3C2=O)C(=O)N1. The van der Waals surface area contributed by atoms with Crippen LogP contribution in [-0.4, -0.2) is 33.6 Å². The van der Waals surface area contributed by atoms with E-state index in [4.69, 9.17) is 4.74 Å². The highest BCUT2D eigenvalue weighted by atomic mass is 16.5. The van der Waals surface area contributed by atoms with Gasteiger partial charge in [0.05, 0.1) is 6.54 Å². The number of carbonyl (C=O) groups excluding carboxylic acids is 3. The number of ether oxygens (including phenoxy) is 1. The van der Waals surface area contributed by atoms with Gasteiger partial charge in [-0.25, -0.2) is 4.98 Å². The molecule has 0 bridgehead atoms. The van der Waals surface area contributed by atoms with E-state index in [-0.39, 0.29) is 24.8 Å². The number of nitrogens with one attached hydrogen (secondary N) is 1. The molecule has 2 aliphatic heterocycles. The van der Waals surface area contributed by atoms with Crippen LogP contribution in [0.1, 0.15) is 28.8 Å². The lowest BCUT2D eigenvalue weighted by molar-refractivity contribution is -0.136. The summed E-state index contributed by atoms with van der Waals surface area (Å²) in [5.74, 6) is 0.0207. The average molecular weight is 337 g/mol. The third kappa shape index (κ3) is 2.73. The van der Waals surface area contributed by atoms with Crippen molar-refractivity contribution >= 4 is 17.7 Å². The molecule has 1 aromatic heterocycles. The maximum absolute atomic E-state index is 12.7. The first-order valence-electron chi connectivity index (χ1n) is 7.99. The van der Waals surface area contributed by atoms with Gasteiger partial charge in [-0.15, -0.1) is 0 Å². The molecule has 25 heavy (non-hydrogen) atoms. The first-order valence-corrected chi connectivity index (χ1v) is 7.99. The minimum Gasteiger partial charge on any atom is -0.439 e. The zero-order valence-corrected chi connectivity index (χ0v) is 13.3. The molecule has 1 atom stereocenters. The Labute approximate surface area is 143 Å². The molecule has 7 heteroatoms. The van der Waals surface area contributed by atoms with Crippen molar-refractivity contribution in [1.29, 1.82) is 0 Å². The number of amides is 3. The Hall–Kier alpha value is -3.22. The van der Waals surface area contributed by atoms with Crippen molar-refractivity contribution < 1.29 is 19.1 Å². The Morgan fingerprint density at radius 1 is 1.12 bits per heavy atom. The molecular weight excluding hydrogens is 322 g/mol. The lowest BCUT2D eigenvalue weighted by atomic mass is 10.0. The number of rotatable bonds is 3. The molecule has 4 rings (SSSR count). The summed E-state index contributed by atoms with van der Waals surface area (Å²) in [6.07, 6.45) is 2.19. The van der Waals surface area contributed by atoms with E-state index >= 15 is 0 Å². The van der Waals surface area contributed by atoms with Crippen molar-refractivity contribution in [2.24, 2.45) is 0 Å². The van der Waals surface area contributed by atoms with E-state index in [1.54, 1.807) is 36.5 Å². The Kier molecular flexibility index (Phi) is 3.68. The normalized spacial score (nSPS) is 19.6. The lowest BCUT2D eigenvalue weighted by Crippen LogP contribution is -2.52. The van der Waals surface area contributed by atoms with E-state index in [9.17, 15) is 14.4 Å². The summed E-state index contributed by atoms with van der Waals surface area (Å²) in [5, 5.41) is 2.30. The maximum atomic E-state index is 12.7. The zero-order valence-electron chi connectivity index (χ0n) is 13.3. The molecule has 2 aromatic rings. The third-order valence-corrected chi connectivity index (χ3v) is 4.39. The van der Waals surface area contributed by atoms with Gasteiger partial charge in [0.15, 0.2) is 0 Å². The quantitative estimate of drug-likeness (QED) is 0.860. The van der Waals surface area contributed by atoms with Crippen molar-refractivity contribution in [2.75, 3.05) is 0 Å². The van der Waals surface area contributed by atoms with E-state index < -0.39 is 11.9 Å². The Morgan fingerprint density at radius 3 is 2.76 bits per heavy atom. The van der Waals surface area contributed by atoms with Crippen LogP contribution in [0.15, 0.2) is 42.6 Å². The van der Waals surface area contributed by atoms with Crippen molar-refractivity contribution in [2.45, 2.75) is 25.4 Å². The van der Waals surface area contributed by atoms with Gasteiger partial charge >= 0.3 is 0 Å². The first kappa shape index (κ1) is 15.3. The van der Waals surface area contributed by atoms with Crippen LogP contribution in [0.3, 0.4) is 0 Å². The Morgan fingerprint density at radius 2 is 2.00 bits per heavy atom. The van der Waals surface area contributed by atoms with Crippen LogP contribution in [0.4, 0.5) is 0 Å². The number of carbonyl (C=O) groups is 3. The highest BCUT2D eigenvalue weighted by Gasteiger charge is 2.40. The fraction of sp³-hybridized carbons (Fsp3) is 0.222. The summed E-state index contributed by atoms with van der Waals surface area (Å²) in [5.41, 5.74) is 1.24. The van der Waals surface area contributed by atoms with Gasteiger partial charge in [0.1, 0.15) is 11.8 Å². The molecule has 0 radical (unpaired) electrons. The van der Waals surface area contributed by atoms with E-state index in [0.29, 0.717) is 23.6 Å². The standard InChI is InChI=1S/C18H15N3O4/c22-15-8-7-13(17(23)20-15)21-10-12-11(18(21)24)4-3-5-14(12)25-16-6-1-2-9-19-16/h1-6,9,13H,7-8,10H2,(H,20,22,23). The third-order valence-electron chi connectivity index (χ3n) is 4.39. The summed E-state index contributed by atoms with van der Waals surface area (Å²) in [6, 6.07) is 9.92. The maximum Gasteiger partial charge on any atom is 0.255 e. The van der Waals surface area contributed by atoms with E-state index in [1.165, 1.54) is 4.90 Å². The van der Waals surface area contributed by atoms with Crippen LogP contribution in [0.25, 0.3) is 0 Å². The molecule has 1 unspecified atom stereocenters. The highest BCUT2D eigenvalue weighted by Crippen LogP contribution is 2.35. The Bertz CT molecular complexity index is 866. The van der Waals surface area contributed by atoms with Gasteiger partial charge in [0, 0.05) is 29.8 Å². The van der Waals surface area contributed by atoms with Gasteiger partial charge in [0.25, 0.3) is 5.91 Å². The summed E-state index contributed by atoms with van der Waals surface area (Å²) in [4.78, 5) is 41.8. The number of nitrogens with zero attached hydrogens (tertiary/aromatic N) is 2. The zero-order chi connectivity index (χ0) is 17.4. The molecule has 0 aliphatic carbocycles. The van der Waals surface area contributed by atoms with Crippen LogP contribution >= 0.6 is 0 Å². The van der Waals surface area contributed by atoms with Gasteiger partial charge in [-0.05, 0) is 24.6 Å². The molecule has 1 N–H and O–H groups in total. The highest BCUT2D eigenvalue weighted by molar-refractivity contribution is 6.05. The minimum atomic E-state index is -0.639. The number of imide groups is 1. The van der Waals surface area contributed by atoms with Gasteiger partial charge in [-0.2, -0.15) is 0 Å². The van der Waals surface area contributed by atoms with Crippen LogP contribution in [-0.2, 0) is 16.1 Å². The number of hydrogen-bond acceptors (Lipinski definition) is 5. The fourth-order valence-electron chi connectivity index (χ4n) is 3.17. The smallest absolute Gasteiger partial charge is 0.255 e. The molecule has 7 nitrogen and oxygen atoms in total. The summed E-state index contributed by atoms with van der Waals surface area (Å²) in [6.45, 7) is 0.267. The lowest BCUT2D eigenvalue weighted by Gasteiger charge is -2.29. The summed E-state index contributed by atoms with van der Waals surface area (Å²) >= 11 is 0. The topological polar surface area (TPSA) is 88.6 Å². The number of hydrogen-bond donors (Lipinski definition) is 1. The second-order valence-corrected chi connectivity index (χ2v) is 5.95. The second kappa shape index (κ2) is 6.01. The van der Waals surface area contributed by atoms with E-state index in [0.717, 1.165) is 5.56 Å². The number of piperidine rings is 1. The predicted octanol–water partition coefficient (Wildman–Crippen LogP) is 1.63. The molecule has 3 amide bonds. The molecule has 3 heterocycles. The van der Waals surface area contributed by atoms with Crippen molar-refractivity contribution in [3.05, 3.63) is 53.7 Å². The average Bonchev–Trinajstić information content (AvgIpc) is 2.94. The van der Waals surface area contributed by atoms with Crippen LogP contribution in [0, 0.1) is 0 Å². The van der Waals surface area contributed by atoms with Crippen LogP contribution in [0.2, 0.25) is 0 Å². The molecular formula is C18H15N3O4. The monoisotopic (exact) mass is 337 g/mol. The number of pyridine rings is 1.